The number of nitrogens with zero attached hydrogens (tertiary/aromatic N) is 2. The van der Waals surface area contributed by atoms with Crippen molar-refractivity contribution in [2.75, 3.05) is 13.6 Å². The molecule has 0 fully saturated rings. The fraction of sp³-hybridized carbons (Fsp3) is 0.400. The number of hydrogen-bond donors (Lipinski definition) is 3. The molecule has 0 aliphatic carbocycles. The van der Waals surface area contributed by atoms with Crippen LogP contribution in [0.15, 0.2) is 33.9 Å². The van der Waals surface area contributed by atoms with Gasteiger partial charge in [0.2, 0.25) is 5.88 Å². The highest BCUT2D eigenvalue weighted by atomic mass is 16.3. The molecule has 7 heteroatoms. The van der Waals surface area contributed by atoms with E-state index in [0.29, 0.717) is 6.54 Å². The quantitative estimate of drug-likeness (QED) is 0.657. The van der Waals surface area contributed by atoms with E-state index in [1.165, 1.54) is 10.1 Å². The fourth-order valence-corrected chi connectivity index (χ4v) is 4.07. The number of aromatic amines is 2. The van der Waals surface area contributed by atoms with Gasteiger partial charge in [-0.25, -0.2) is 4.79 Å². The number of aromatic hydroxyl groups is 1. The first-order valence-electron chi connectivity index (χ1n) is 9.38. The van der Waals surface area contributed by atoms with Crippen LogP contribution >= 0.6 is 0 Å². The minimum atomic E-state index is -0.565. The highest BCUT2D eigenvalue weighted by molar-refractivity contribution is 5.85. The number of likely N-dealkylation sites (N-methyl/N-ethyl adjacent to an activating group) is 1. The van der Waals surface area contributed by atoms with E-state index < -0.39 is 17.3 Å². The van der Waals surface area contributed by atoms with Gasteiger partial charge in [-0.1, -0.05) is 31.5 Å². The highest BCUT2D eigenvalue weighted by Crippen LogP contribution is 2.38. The lowest BCUT2D eigenvalue weighted by atomic mass is 9.94. The molecule has 1 aromatic carbocycles. The van der Waals surface area contributed by atoms with Crippen LogP contribution in [0.2, 0.25) is 0 Å². The average Bonchev–Trinajstić information content (AvgIpc) is 3.02. The van der Waals surface area contributed by atoms with Crippen LogP contribution in [0.1, 0.15) is 42.6 Å². The number of hydrogen-bond acceptors (Lipinski definition) is 4. The summed E-state index contributed by atoms with van der Waals surface area (Å²) >= 11 is 0. The predicted octanol–water partition coefficient (Wildman–Crippen LogP) is 2.10. The van der Waals surface area contributed by atoms with E-state index in [0.717, 1.165) is 42.4 Å². The zero-order valence-corrected chi connectivity index (χ0v) is 15.6. The van der Waals surface area contributed by atoms with Crippen molar-refractivity contribution in [2.45, 2.75) is 38.8 Å². The number of fused-ring (bicyclic) bond motifs is 3. The van der Waals surface area contributed by atoms with Crippen LogP contribution in [0, 0.1) is 0 Å². The lowest BCUT2D eigenvalue weighted by Crippen LogP contribution is -2.40. The Morgan fingerprint density at radius 1 is 1.22 bits per heavy atom. The molecule has 1 atom stereocenters. The van der Waals surface area contributed by atoms with Crippen LogP contribution < -0.4 is 11.2 Å². The molecule has 27 heavy (non-hydrogen) atoms. The van der Waals surface area contributed by atoms with Gasteiger partial charge in [0.15, 0.2) is 0 Å². The van der Waals surface area contributed by atoms with Crippen molar-refractivity contribution >= 4 is 10.9 Å². The largest absolute Gasteiger partial charge is 0.494 e. The molecule has 3 heterocycles. The summed E-state index contributed by atoms with van der Waals surface area (Å²) < 4.78 is 1.27. The van der Waals surface area contributed by atoms with Crippen molar-refractivity contribution in [3.63, 3.8) is 0 Å². The van der Waals surface area contributed by atoms with E-state index in [9.17, 15) is 14.7 Å². The maximum Gasteiger partial charge on any atom is 0.331 e. The molecule has 3 N–H and O–H groups in total. The molecule has 0 saturated heterocycles. The molecular weight excluding hydrogens is 344 g/mol. The summed E-state index contributed by atoms with van der Waals surface area (Å²) in [5.74, 6) is -0.236. The topological polar surface area (TPSA) is 94.1 Å². The molecule has 142 valence electrons. The molecule has 1 aliphatic heterocycles. The van der Waals surface area contributed by atoms with Crippen LogP contribution in [0.5, 0.6) is 5.88 Å². The molecule has 0 amide bonds. The molecule has 3 aromatic rings. The maximum absolute atomic E-state index is 12.7. The zero-order valence-electron chi connectivity index (χ0n) is 15.6. The normalized spacial score (nSPS) is 17.3. The Morgan fingerprint density at radius 3 is 2.78 bits per heavy atom. The second kappa shape index (κ2) is 6.74. The lowest BCUT2D eigenvalue weighted by Gasteiger charge is -2.33. The van der Waals surface area contributed by atoms with Gasteiger partial charge in [-0.05, 0) is 31.5 Å². The molecule has 0 spiro atoms. The summed E-state index contributed by atoms with van der Waals surface area (Å²) in [7, 11) is 1.93. The molecule has 0 radical (unpaired) electrons. The van der Waals surface area contributed by atoms with Gasteiger partial charge in [0.25, 0.3) is 5.56 Å². The number of nitrogens with one attached hydrogen (secondary N) is 2. The van der Waals surface area contributed by atoms with Crippen LogP contribution in [0.3, 0.4) is 0 Å². The van der Waals surface area contributed by atoms with E-state index in [4.69, 9.17) is 0 Å². The van der Waals surface area contributed by atoms with E-state index in [1.807, 2.05) is 37.1 Å². The van der Waals surface area contributed by atoms with E-state index >= 15 is 0 Å². The summed E-state index contributed by atoms with van der Waals surface area (Å²) in [4.78, 5) is 32.7. The van der Waals surface area contributed by atoms with Gasteiger partial charge in [0, 0.05) is 29.7 Å². The number of benzene rings is 1. The van der Waals surface area contributed by atoms with E-state index in [1.54, 1.807) is 0 Å². The summed E-state index contributed by atoms with van der Waals surface area (Å²) in [6.45, 7) is 3.15. The van der Waals surface area contributed by atoms with Crippen molar-refractivity contribution in [3.8, 4) is 5.88 Å². The average molecular weight is 368 g/mol. The standard InChI is InChI=1S/C20H24N4O3/c1-3-4-10-24-19(26)15(18(25)22-20(24)27)17-16-13(9-11-23(17)2)12-7-5-6-8-14(12)21-16/h5-8,17,21,26H,3-4,9-11H2,1-2H3,(H,22,25,27)/t17-/m0/s1. The second-order valence-electron chi connectivity index (χ2n) is 7.20. The van der Waals surface area contributed by atoms with E-state index in [2.05, 4.69) is 16.0 Å². The van der Waals surface area contributed by atoms with Crippen molar-refractivity contribution in [2.24, 2.45) is 0 Å². The molecule has 2 aromatic heterocycles. The fourth-order valence-electron chi connectivity index (χ4n) is 4.07. The maximum atomic E-state index is 12.7. The van der Waals surface area contributed by atoms with Gasteiger partial charge in [0.1, 0.15) is 5.56 Å². The third kappa shape index (κ3) is 2.78. The molecule has 0 bridgehead atoms. The summed E-state index contributed by atoms with van der Waals surface area (Å²) in [6, 6.07) is 7.62. The Kier molecular flexibility index (Phi) is 4.39. The van der Waals surface area contributed by atoms with Gasteiger partial charge in [0.05, 0.1) is 6.04 Å². The molecule has 1 aliphatic rings. The number of rotatable bonds is 4. The molecule has 0 saturated carbocycles. The zero-order chi connectivity index (χ0) is 19.1. The van der Waals surface area contributed by atoms with Crippen LogP contribution in [-0.4, -0.2) is 38.1 Å². The summed E-state index contributed by atoms with van der Waals surface area (Å²) in [5, 5.41) is 12.0. The highest BCUT2D eigenvalue weighted by Gasteiger charge is 2.34. The Labute approximate surface area is 156 Å². The van der Waals surface area contributed by atoms with Crippen molar-refractivity contribution < 1.29 is 5.11 Å². The van der Waals surface area contributed by atoms with Gasteiger partial charge >= 0.3 is 5.69 Å². The van der Waals surface area contributed by atoms with Crippen molar-refractivity contribution in [1.82, 2.24) is 19.4 Å². The predicted molar refractivity (Wildman–Crippen MR) is 104 cm³/mol. The third-order valence-corrected chi connectivity index (χ3v) is 5.49. The molecule has 7 nitrogen and oxygen atoms in total. The smallest absolute Gasteiger partial charge is 0.331 e. The number of unbranched alkanes of at least 4 members (excludes halogenated alkanes) is 1. The first kappa shape index (κ1) is 17.6. The SMILES string of the molecule is CCCCn1c(O)c([C@H]2c3[nH]c4ccccc4c3CCN2C)c(=O)[nH]c1=O. The van der Waals surface area contributed by atoms with Crippen LogP contribution in [0.25, 0.3) is 10.9 Å². The number of H-pyrrole nitrogens is 2. The monoisotopic (exact) mass is 368 g/mol. The summed E-state index contributed by atoms with van der Waals surface area (Å²) in [5.41, 5.74) is 2.21. The Hall–Kier alpha value is -2.80. The van der Waals surface area contributed by atoms with Crippen LogP contribution in [-0.2, 0) is 13.0 Å². The number of para-hydroxylation sites is 1. The van der Waals surface area contributed by atoms with Gasteiger partial charge < -0.3 is 10.1 Å². The van der Waals surface area contributed by atoms with Crippen molar-refractivity contribution in [3.05, 3.63) is 61.9 Å². The molecule has 4 rings (SSSR count). The lowest BCUT2D eigenvalue weighted by molar-refractivity contribution is 0.249. The second-order valence-corrected chi connectivity index (χ2v) is 7.20. The van der Waals surface area contributed by atoms with Gasteiger partial charge in [-0.2, -0.15) is 0 Å². The number of aromatic nitrogens is 3. The first-order valence-corrected chi connectivity index (χ1v) is 9.38. The van der Waals surface area contributed by atoms with Gasteiger partial charge in [-0.15, -0.1) is 0 Å². The van der Waals surface area contributed by atoms with E-state index in [-0.39, 0.29) is 11.4 Å². The third-order valence-electron chi connectivity index (χ3n) is 5.49. The Morgan fingerprint density at radius 2 is 2.00 bits per heavy atom. The summed E-state index contributed by atoms with van der Waals surface area (Å²) in [6.07, 6.45) is 2.49. The van der Waals surface area contributed by atoms with Crippen LogP contribution in [0.4, 0.5) is 0 Å². The minimum Gasteiger partial charge on any atom is -0.494 e. The molecular formula is C20H24N4O3. The Bertz CT molecular complexity index is 1110. The Balaban J connectivity index is 1.94. The first-order chi connectivity index (χ1) is 13.0. The van der Waals surface area contributed by atoms with Crippen molar-refractivity contribution in [1.29, 1.82) is 0 Å². The van der Waals surface area contributed by atoms with Gasteiger partial charge in [-0.3, -0.25) is 19.2 Å². The molecule has 0 unspecified atom stereocenters. The minimum absolute atomic E-state index is 0.223.